The van der Waals surface area contributed by atoms with Crippen LogP contribution < -0.4 is 11.5 Å². The summed E-state index contributed by atoms with van der Waals surface area (Å²) in [5.41, 5.74) is 9.53. The van der Waals surface area contributed by atoms with Crippen molar-refractivity contribution in [1.82, 2.24) is 0 Å². The predicted octanol–water partition coefficient (Wildman–Crippen LogP) is -0.872. The van der Waals surface area contributed by atoms with Crippen LogP contribution in [0, 0.1) is 5.41 Å². The number of amides is 1. The number of hydrogen-bond acceptors (Lipinski definition) is 4. The summed E-state index contributed by atoms with van der Waals surface area (Å²) >= 11 is -2.19. The van der Waals surface area contributed by atoms with Crippen molar-refractivity contribution in [3.8, 4) is 0 Å². The molecule has 0 aromatic heterocycles. The van der Waals surface area contributed by atoms with Crippen LogP contribution in [0.15, 0.2) is 0 Å². The average Bonchev–Trinajstić information content (AvgIpc) is 1.83. The highest BCUT2D eigenvalue weighted by Crippen LogP contribution is 2.19. The first-order valence-corrected chi connectivity index (χ1v) is 4.68. The molecule has 0 aromatic carbocycles. The van der Waals surface area contributed by atoms with Crippen LogP contribution in [0.25, 0.3) is 0 Å². The minimum absolute atomic E-state index is 0. The maximum atomic E-state index is 10.5. The molecule has 0 spiro atoms. The Morgan fingerprint density at radius 2 is 2.08 bits per heavy atom. The van der Waals surface area contributed by atoms with Gasteiger partial charge in [0.2, 0.25) is 5.91 Å². The molecule has 0 heterocycles. The molecule has 0 saturated heterocycles. The van der Waals surface area contributed by atoms with Crippen LogP contribution in [0.2, 0.25) is 0 Å². The van der Waals surface area contributed by atoms with E-state index < -0.39 is 22.4 Å². The number of carbonyl (C=O) groups is 1. The van der Waals surface area contributed by atoms with Crippen LogP contribution in [0.4, 0.5) is 0 Å². The minimum Gasteiger partial charge on any atom is -0.772 e. The quantitative estimate of drug-likeness (QED) is 0.597. The molecule has 5 nitrogen and oxygen atoms in total. The van der Waals surface area contributed by atoms with E-state index in [9.17, 15) is 13.6 Å². The Bertz CT molecular complexity index is 184. The van der Waals surface area contributed by atoms with Gasteiger partial charge in [-0.1, -0.05) is 18.0 Å². The summed E-state index contributed by atoms with van der Waals surface area (Å²) in [5.74, 6) is -0.666. The summed E-state index contributed by atoms with van der Waals surface area (Å²) in [4.78, 5) is 10.5. The lowest BCUT2D eigenvalue weighted by molar-refractivity contribution is -0.119. The molecule has 1 amide bonds. The largest absolute Gasteiger partial charge is 0.772 e. The molecule has 0 aromatic rings. The Morgan fingerprint density at radius 1 is 1.62 bits per heavy atom. The second-order valence-electron chi connectivity index (χ2n) is 3.11. The third-order valence-corrected chi connectivity index (χ3v) is 2.49. The highest BCUT2D eigenvalue weighted by atomic mass is 35.5. The monoisotopic (exact) mass is 229 g/mol. The SMILES string of the molecule is C[C@@](CN)(CC(N)=O)CS(=O)[O-].Cl. The summed E-state index contributed by atoms with van der Waals surface area (Å²) in [6, 6.07) is 0. The van der Waals surface area contributed by atoms with Crippen LogP contribution in [0.5, 0.6) is 0 Å². The fourth-order valence-corrected chi connectivity index (χ4v) is 1.68. The fraction of sp³-hybridized carbons (Fsp3) is 0.833. The highest BCUT2D eigenvalue weighted by Gasteiger charge is 2.24. The smallest absolute Gasteiger partial charge is 0.218 e. The Labute approximate surface area is 85.9 Å². The number of primary amides is 1. The van der Waals surface area contributed by atoms with Gasteiger partial charge < -0.3 is 16.0 Å². The van der Waals surface area contributed by atoms with Crippen molar-refractivity contribution in [3.63, 3.8) is 0 Å². The molecule has 0 aliphatic carbocycles. The normalized spacial score (nSPS) is 16.8. The van der Waals surface area contributed by atoms with Crippen molar-refractivity contribution >= 4 is 29.4 Å². The maximum Gasteiger partial charge on any atom is 0.218 e. The summed E-state index contributed by atoms with van der Waals surface area (Å²) in [5, 5.41) is 0. The van der Waals surface area contributed by atoms with Crippen molar-refractivity contribution in [3.05, 3.63) is 0 Å². The Balaban J connectivity index is 0. The molecule has 80 valence electrons. The molecular weight excluding hydrogens is 216 g/mol. The molecule has 0 aliphatic rings. The number of rotatable bonds is 5. The number of carbonyl (C=O) groups excluding carboxylic acids is 1. The highest BCUT2D eigenvalue weighted by molar-refractivity contribution is 7.79. The lowest BCUT2D eigenvalue weighted by Crippen LogP contribution is -2.37. The van der Waals surface area contributed by atoms with E-state index in [0.717, 1.165) is 0 Å². The van der Waals surface area contributed by atoms with Crippen molar-refractivity contribution in [2.24, 2.45) is 16.9 Å². The number of nitrogens with two attached hydrogens (primary N) is 2. The van der Waals surface area contributed by atoms with Crippen LogP contribution in [0.1, 0.15) is 13.3 Å². The molecular formula is C6H14ClN2O3S-. The van der Waals surface area contributed by atoms with Crippen LogP contribution >= 0.6 is 12.4 Å². The zero-order valence-corrected chi connectivity index (χ0v) is 8.95. The van der Waals surface area contributed by atoms with Crippen molar-refractivity contribution in [2.45, 2.75) is 13.3 Å². The van der Waals surface area contributed by atoms with Crippen LogP contribution in [-0.2, 0) is 15.9 Å². The first kappa shape index (κ1) is 15.3. The molecule has 7 heteroatoms. The van der Waals surface area contributed by atoms with Gasteiger partial charge in [-0.15, -0.1) is 12.4 Å². The van der Waals surface area contributed by atoms with Crippen molar-refractivity contribution in [2.75, 3.05) is 12.3 Å². The molecule has 0 saturated carbocycles. The standard InChI is InChI=1S/C6H14N2O3S.ClH/c1-6(3-7,2-5(8)9)4-12(10)11;/h2-4,7H2,1H3,(H2,8,9)(H,10,11);1H/p-1/t6-;/m0./s1. The average molecular weight is 230 g/mol. The topological polar surface area (TPSA) is 109 Å². The van der Waals surface area contributed by atoms with Gasteiger partial charge in [-0.3, -0.25) is 9.00 Å². The number of hydrogen-bond donors (Lipinski definition) is 2. The zero-order valence-electron chi connectivity index (χ0n) is 7.32. The van der Waals surface area contributed by atoms with Crippen molar-refractivity contribution in [1.29, 1.82) is 0 Å². The van der Waals surface area contributed by atoms with E-state index in [4.69, 9.17) is 11.5 Å². The second kappa shape index (κ2) is 6.31. The first-order valence-electron chi connectivity index (χ1n) is 3.44. The summed E-state index contributed by atoms with van der Waals surface area (Å²) in [7, 11) is 0. The summed E-state index contributed by atoms with van der Waals surface area (Å²) in [6.07, 6.45) is -0.00250. The second-order valence-corrected chi connectivity index (χ2v) is 4.00. The Hall–Kier alpha value is -0.170. The van der Waals surface area contributed by atoms with Crippen LogP contribution in [-0.4, -0.2) is 27.0 Å². The van der Waals surface area contributed by atoms with E-state index in [-0.39, 0.29) is 31.1 Å². The van der Waals surface area contributed by atoms with E-state index in [1.54, 1.807) is 6.92 Å². The summed E-state index contributed by atoms with van der Waals surface area (Å²) in [6.45, 7) is 1.75. The minimum atomic E-state index is -2.19. The molecule has 1 unspecified atom stereocenters. The van der Waals surface area contributed by atoms with Gasteiger partial charge in [-0.25, -0.2) is 0 Å². The van der Waals surface area contributed by atoms with E-state index >= 15 is 0 Å². The maximum absolute atomic E-state index is 10.5. The zero-order chi connectivity index (χ0) is 9.78. The van der Waals surface area contributed by atoms with E-state index in [1.165, 1.54) is 0 Å². The Kier molecular flexibility index (Phi) is 7.43. The first-order chi connectivity index (χ1) is 5.39. The third-order valence-electron chi connectivity index (χ3n) is 1.56. The molecule has 2 atom stereocenters. The van der Waals surface area contributed by atoms with Gasteiger partial charge in [0.05, 0.1) is 0 Å². The summed E-state index contributed by atoms with van der Waals surface area (Å²) < 4.78 is 20.7. The van der Waals surface area contributed by atoms with Gasteiger partial charge >= 0.3 is 0 Å². The van der Waals surface area contributed by atoms with Gasteiger partial charge in [0.25, 0.3) is 0 Å². The van der Waals surface area contributed by atoms with E-state index in [1.807, 2.05) is 0 Å². The van der Waals surface area contributed by atoms with Gasteiger partial charge in [-0.05, 0) is 12.0 Å². The lowest BCUT2D eigenvalue weighted by atomic mass is 9.89. The van der Waals surface area contributed by atoms with Crippen molar-refractivity contribution < 1.29 is 13.6 Å². The predicted molar refractivity (Wildman–Crippen MR) is 52.0 cm³/mol. The molecule has 4 N–H and O–H groups in total. The van der Waals surface area contributed by atoms with Crippen LogP contribution in [0.3, 0.4) is 0 Å². The molecule has 0 aliphatic heterocycles. The molecule has 0 radical (unpaired) electrons. The van der Waals surface area contributed by atoms with Gasteiger partial charge in [-0.2, -0.15) is 0 Å². The van der Waals surface area contributed by atoms with E-state index in [2.05, 4.69) is 0 Å². The van der Waals surface area contributed by atoms with Gasteiger partial charge in [0.15, 0.2) is 0 Å². The third kappa shape index (κ3) is 6.94. The molecule has 13 heavy (non-hydrogen) atoms. The molecule has 0 rings (SSSR count). The van der Waals surface area contributed by atoms with Gasteiger partial charge in [0.1, 0.15) is 0 Å². The molecule has 0 fully saturated rings. The number of halogens is 1. The fourth-order valence-electron chi connectivity index (χ4n) is 0.887. The lowest BCUT2D eigenvalue weighted by Gasteiger charge is -2.27. The Morgan fingerprint density at radius 3 is 2.31 bits per heavy atom. The van der Waals surface area contributed by atoms with E-state index in [0.29, 0.717) is 0 Å². The van der Waals surface area contributed by atoms with Gasteiger partial charge in [0, 0.05) is 12.2 Å². The molecule has 0 bridgehead atoms.